The predicted molar refractivity (Wildman–Crippen MR) is 88.7 cm³/mol. The summed E-state index contributed by atoms with van der Waals surface area (Å²) in [5.41, 5.74) is 2.96. The van der Waals surface area contributed by atoms with E-state index in [0.29, 0.717) is 17.1 Å². The highest BCUT2D eigenvalue weighted by molar-refractivity contribution is 6.03. The average Bonchev–Trinajstić information content (AvgIpc) is 2.53. The van der Waals surface area contributed by atoms with E-state index in [4.69, 9.17) is 4.74 Å². The highest BCUT2D eigenvalue weighted by atomic mass is 16.5. The molecule has 1 heterocycles. The molecular formula is C17H21N3O2. The van der Waals surface area contributed by atoms with Crippen LogP contribution in [0, 0.1) is 6.92 Å². The van der Waals surface area contributed by atoms with E-state index in [1.54, 1.807) is 19.4 Å². The molecular weight excluding hydrogens is 278 g/mol. The van der Waals surface area contributed by atoms with Gasteiger partial charge in [0.1, 0.15) is 11.4 Å². The Hall–Kier alpha value is -2.56. The monoisotopic (exact) mass is 299 g/mol. The lowest BCUT2D eigenvalue weighted by molar-refractivity contribution is 0.102. The van der Waals surface area contributed by atoms with Crippen LogP contribution >= 0.6 is 0 Å². The van der Waals surface area contributed by atoms with Crippen molar-refractivity contribution in [3.63, 3.8) is 0 Å². The number of rotatable bonds is 6. The van der Waals surface area contributed by atoms with Crippen LogP contribution < -0.4 is 15.4 Å². The maximum absolute atomic E-state index is 12.3. The first-order valence-corrected chi connectivity index (χ1v) is 7.30. The first kappa shape index (κ1) is 15.8. The molecule has 0 atom stereocenters. The van der Waals surface area contributed by atoms with Crippen molar-refractivity contribution in [2.45, 2.75) is 20.3 Å². The zero-order valence-corrected chi connectivity index (χ0v) is 13.1. The minimum absolute atomic E-state index is 0.258. The topological polar surface area (TPSA) is 63.2 Å². The third kappa shape index (κ3) is 3.97. The number of amides is 1. The summed E-state index contributed by atoms with van der Waals surface area (Å²) in [7, 11) is 1.58. The Balaban J connectivity index is 2.10. The highest BCUT2D eigenvalue weighted by Crippen LogP contribution is 2.25. The number of pyridine rings is 1. The molecule has 5 nitrogen and oxygen atoms in total. The molecule has 5 heteroatoms. The van der Waals surface area contributed by atoms with E-state index in [0.717, 1.165) is 24.2 Å². The maximum Gasteiger partial charge on any atom is 0.274 e. The second-order valence-corrected chi connectivity index (χ2v) is 5.02. The van der Waals surface area contributed by atoms with Crippen molar-refractivity contribution in [3.05, 3.63) is 47.8 Å². The normalized spacial score (nSPS) is 10.1. The fraction of sp³-hybridized carbons (Fsp3) is 0.294. The molecule has 0 bridgehead atoms. The van der Waals surface area contributed by atoms with Gasteiger partial charge in [-0.3, -0.25) is 4.79 Å². The first-order valence-electron chi connectivity index (χ1n) is 7.30. The predicted octanol–water partition coefficient (Wildman–Crippen LogP) is 3.47. The van der Waals surface area contributed by atoms with Gasteiger partial charge in [0, 0.05) is 6.54 Å². The lowest BCUT2D eigenvalue weighted by Gasteiger charge is -2.11. The van der Waals surface area contributed by atoms with Gasteiger partial charge in [-0.15, -0.1) is 0 Å². The number of aryl methyl sites for hydroxylation is 1. The van der Waals surface area contributed by atoms with E-state index < -0.39 is 0 Å². The van der Waals surface area contributed by atoms with Crippen LogP contribution in [0.5, 0.6) is 5.75 Å². The molecule has 0 aliphatic rings. The fourth-order valence-electron chi connectivity index (χ4n) is 2.01. The van der Waals surface area contributed by atoms with Crippen LogP contribution in [0.4, 0.5) is 11.4 Å². The number of anilines is 2. The number of nitrogens with zero attached hydrogens (tertiary/aromatic N) is 1. The van der Waals surface area contributed by atoms with E-state index in [9.17, 15) is 4.79 Å². The van der Waals surface area contributed by atoms with E-state index >= 15 is 0 Å². The van der Waals surface area contributed by atoms with Gasteiger partial charge in [0.15, 0.2) is 0 Å². The zero-order chi connectivity index (χ0) is 15.9. The second kappa shape index (κ2) is 7.45. The Labute approximate surface area is 130 Å². The van der Waals surface area contributed by atoms with Crippen LogP contribution in [0.1, 0.15) is 29.4 Å². The van der Waals surface area contributed by atoms with Crippen molar-refractivity contribution < 1.29 is 9.53 Å². The summed E-state index contributed by atoms with van der Waals surface area (Å²) in [6.45, 7) is 4.94. The number of carbonyl (C=O) groups excluding carboxylic acids is 1. The number of methoxy groups -OCH3 is 1. The van der Waals surface area contributed by atoms with Crippen molar-refractivity contribution in [1.29, 1.82) is 0 Å². The highest BCUT2D eigenvalue weighted by Gasteiger charge is 2.11. The lowest BCUT2D eigenvalue weighted by Crippen LogP contribution is -2.14. The molecule has 2 N–H and O–H groups in total. The Morgan fingerprint density at radius 2 is 2.09 bits per heavy atom. The molecule has 1 aromatic carbocycles. The van der Waals surface area contributed by atoms with Crippen LogP contribution in [0.3, 0.4) is 0 Å². The van der Waals surface area contributed by atoms with Crippen molar-refractivity contribution in [3.8, 4) is 5.75 Å². The molecule has 1 aromatic heterocycles. The number of ether oxygens (including phenoxy) is 1. The van der Waals surface area contributed by atoms with Gasteiger partial charge in [-0.25, -0.2) is 4.98 Å². The Morgan fingerprint density at radius 1 is 1.27 bits per heavy atom. The molecule has 116 valence electrons. The molecule has 0 fully saturated rings. The number of hydrogen-bond acceptors (Lipinski definition) is 4. The summed E-state index contributed by atoms with van der Waals surface area (Å²) in [6, 6.07) is 9.19. The van der Waals surface area contributed by atoms with Crippen molar-refractivity contribution in [2.75, 3.05) is 24.3 Å². The Kier molecular flexibility index (Phi) is 5.36. The zero-order valence-electron chi connectivity index (χ0n) is 13.1. The van der Waals surface area contributed by atoms with Gasteiger partial charge >= 0.3 is 0 Å². The molecule has 0 saturated heterocycles. The maximum atomic E-state index is 12.3. The van der Waals surface area contributed by atoms with Crippen molar-refractivity contribution in [1.82, 2.24) is 4.98 Å². The number of nitrogens with one attached hydrogen (secondary N) is 2. The lowest BCUT2D eigenvalue weighted by atomic mass is 10.2. The summed E-state index contributed by atoms with van der Waals surface area (Å²) in [6.07, 6.45) is 2.70. The number of benzene rings is 1. The Bertz CT molecular complexity index is 639. The van der Waals surface area contributed by atoms with E-state index in [2.05, 4.69) is 22.5 Å². The standard InChI is InChI=1S/C17H21N3O2/c1-4-9-18-13-6-7-14(19-11-13)17(21)20-15-10-12(2)5-8-16(15)22-3/h5-8,10-11,18H,4,9H2,1-3H3,(H,20,21). The minimum atomic E-state index is -0.258. The molecule has 2 rings (SSSR count). The van der Waals surface area contributed by atoms with Gasteiger partial charge in [-0.05, 0) is 43.2 Å². The SMILES string of the molecule is CCCNc1ccc(C(=O)Nc2cc(C)ccc2OC)nc1. The summed E-state index contributed by atoms with van der Waals surface area (Å²) in [5, 5.41) is 6.06. The summed E-state index contributed by atoms with van der Waals surface area (Å²) in [4.78, 5) is 16.5. The fourth-order valence-corrected chi connectivity index (χ4v) is 2.01. The van der Waals surface area contributed by atoms with Crippen LogP contribution in [-0.2, 0) is 0 Å². The largest absolute Gasteiger partial charge is 0.495 e. The first-order chi connectivity index (χ1) is 10.6. The summed E-state index contributed by atoms with van der Waals surface area (Å²) < 4.78 is 5.26. The molecule has 0 aliphatic carbocycles. The van der Waals surface area contributed by atoms with E-state index in [1.165, 1.54) is 0 Å². The number of hydrogen-bond donors (Lipinski definition) is 2. The molecule has 22 heavy (non-hydrogen) atoms. The van der Waals surface area contributed by atoms with Crippen LogP contribution in [0.15, 0.2) is 36.5 Å². The van der Waals surface area contributed by atoms with E-state index in [1.807, 2.05) is 31.2 Å². The number of carbonyl (C=O) groups is 1. The Morgan fingerprint density at radius 3 is 2.73 bits per heavy atom. The summed E-state index contributed by atoms with van der Waals surface area (Å²) >= 11 is 0. The molecule has 1 amide bonds. The van der Waals surface area contributed by atoms with Crippen LogP contribution in [0.2, 0.25) is 0 Å². The molecule has 0 spiro atoms. The van der Waals surface area contributed by atoms with Gasteiger partial charge in [0.2, 0.25) is 0 Å². The summed E-state index contributed by atoms with van der Waals surface area (Å²) in [5.74, 6) is 0.367. The second-order valence-electron chi connectivity index (χ2n) is 5.02. The molecule has 0 radical (unpaired) electrons. The van der Waals surface area contributed by atoms with Gasteiger partial charge in [0.25, 0.3) is 5.91 Å². The third-order valence-electron chi connectivity index (χ3n) is 3.18. The van der Waals surface area contributed by atoms with Crippen molar-refractivity contribution >= 4 is 17.3 Å². The van der Waals surface area contributed by atoms with Crippen molar-refractivity contribution in [2.24, 2.45) is 0 Å². The minimum Gasteiger partial charge on any atom is -0.495 e. The van der Waals surface area contributed by atoms with Gasteiger partial charge in [0.05, 0.1) is 24.7 Å². The van der Waals surface area contributed by atoms with Gasteiger partial charge in [-0.2, -0.15) is 0 Å². The third-order valence-corrected chi connectivity index (χ3v) is 3.18. The van der Waals surface area contributed by atoms with E-state index in [-0.39, 0.29) is 5.91 Å². The molecule has 0 aliphatic heterocycles. The van der Waals surface area contributed by atoms with Crippen LogP contribution in [-0.4, -0.2) is 24.5 Å². The quantitative estimate of drug-likeness (QED) is 0.857. The smallest absolute Gasteiger partial charge is 0.274 e. The molecule has 0 unspecified atom stereocenters. The number of aromatic nitrogens is 1. The molecule has 2 aromatic rings. The van der Waals surface area contributed by atoms with Gasteiger partial charge in [-0.1, -0.05) is 13.0 Å². The van der Waals surface area contributed by atoms with Crippen LogP contribution in [0.25, 0.3) is 0 Å². The average molecular weight is 299 g/mol. The van der Waals surface area contributed by atoms with Gasteiger partial charge < -0.3 is 15.4 Å². The molecule has 0 saturated carbocycles.